The molecule has 0 atom stereocenters. The average Bonchev–Trinajstić information content (AvgIpc) is 2.82. The standard InChI is InChI=1S/C13H13ClF3N5O/c1-12(2,3)19-11(23)7-6-18-22(10(7)13(15,16)17)9-5-4-8(14)20-21-9/h4-6H,1-3H3,(H,19,23). The van der Waals surface area contributed by atoms with Crippen LogP contribution in [0.3, 0.4) is 0 Å². The molecule has 0 saturated carbocycles. The highest BCUT2D eigenvalue weighted by Crippen LogP contribution is 2.33. The van der Waals surface area contributed by atoms with Crippen LogP contribution in [0.25, 0.3) is 5.82 Å². The van der Waals surface area contributed by atoms with Gasteiger partial charge in [-0.05, 0) is 32.9 Å². The van der Waals surface area contributed by atoms with Crippen molar-refractivity contribution in [2.24, 2.45) is 0 Å². The lowest BCUT2D eigenvalue weighted by Gasteiger charge is -2.20. The second-order valence-corrected chi connectivity index (χ2v) is 6.12. The predicted octanol–water partition coefficient (Wildman–Crippen LogP) is 2.86. The van der Waals surface area contributed by atoms with Gasteiger partial charge in [-0.25, -0.2) is 4.68 Å². The van der Waals surface area contributed by atoms with E-state index in [0.29, 0.717) is 4.68 Å². The summed E-state index contributed by atoms with van der Waals surface area (Å²) in [7, 11) is 0. The van der Waals surface area contributed by atoms with Gasteiger partial charge in [-0.1, -0.05) is 11.6 Å². The number of hydrogen-bond donors (Lipinski definition) is 1. The molecule has 2 heterocycles. The van der Waals surface area contributed by atoms with E-state index in [1.807, 2.05) is 0 Å². The maximum atomic E-state index is 13.4. The fraction of sp³-hybridized carbons (Fsp3) is 0.385. The van der Waals surface area contributed by atoms with Gasteiger partial charge in [0.1, 0.15) is 0 Å². The predicted molar refractivity (Wildman–Crippen MR) is 76.4 cm³/mol. The molecule has 0 aliphatic carbocycles. The monoisotopic (exact) mass is 347 g/mol. The number of halogens is 4. The van der Waals surface area contributed by atoms with Gasteiger partial charge in [0.05, 0.1) is 11.8 Å². The number of amides is 1. The third-order valence-corrected chi connectivity index (χ3v) is 2.81. The summed E-state index contributed by atoms with van der Waals surface area (Å²) < 4.78 is 40.7. The van der Waals surface area contributed by atoms with Gasteiger partial charge in [-0.3, -0.25) is 4.79 Å². The number of nitrogens with zero attached hydrogens (tertiary/aromatic N) is 4. The molecule has 2 rings (SSSR count). The fourth-order valence-electron chi connectivity index (χ4n) is 1.79. The van der Waals surface area contributed by atoms with E-state index >= 15 is 0 Å². The summed E-state index contributed by atoms with van der Waals surface area (Å²) in [5, 5.41) is 13.2. The summed E-state index contributed by atoms with van der Waals surface area (Å²) in [6, 6.07) is 2.50. The van der Waals surface area contributed by atoms with Crippen LogP contribution in [-0.4, -0.2) is 31.4 Å². The van der Waals surface area contributed by atoms with Crippen molar-refractivity contribution in [1.82, 2.24) is 25.3 Å². The Morgan fingerprint density at radius 1 is 1.22 bits per heavy atom. The molecule has 0 saturated heterocycles. The van der Waals surface area contributed by atoms with Crippen LogP contribution in [0.5, 0.6) is 0 Å². The molecule has 2 aromatic heterocycles. The van der Waals surface area contributed by atoms with Gasteiger partial charge in [-0.2, -0.15) is 18.3 Å². The molecule has 0 fully saturated rings. The molecule has 2 aromatic rings. The van der Waals surface area contributed by atoms with E-state index in [2.05, 4.69) is 20.6 Å². The van der Waals surface area contributed by atoms with Crippen molar-refractivity contribution in [1.29, 1.82) is 0 Å². The third-order valence-electron chi connectivity index (χ3n) is 2.61. The Balaban J connectivity index is 2.54. The second-order valence-electron chi connectivity index (χ2n) is 5.73. The van der Waals surface area contributed by atoms with E-state index in [1.165, 1.54) is 12.1 Å². The topological polar surface area (TPSA) is 72.7 Å². The SMILES string of the molecule is CC(C)(C)NC(=O)c1cnn(-c2ccc(Cl)nn2)c1C(F)(F)F. The minimum atomic E-state index is -4.80. The summed E-state index contributed by atoms with van der Waals surface area (Å²) in [6.45, 7) is 4.98. The van der Waals surface area contributed by atoms with Crippen molar-refractivity contribution >= 4 is 17.5 Å². The van der Waals surface area contributed by atoms with Crippen molar-refractivity contribution in [2.45, 2.75) is 32.5 Å². The van der Waals surface area contributed by atoms with Crippen LogP contribution >= 0.6 is 11.6 Å². The molecule has 23 heavy (non-hydrogen) atoms. The van der Waals surface area contributed by atoms with Crippen molar-refractivity contribution < 1.29 is 18.0 Å². The minimum Gasteiger partial charge on any atom is -0.347 e. The van der Waals surface area contributed by atoms with Crippen LogP contribution in [0.4, 0.5) is 13.2 Å². The van der Waals surface area contributed by atoms with Gasteiger partial charge in [-0.15, -0.1) is 10.2 Å². The summed E-state index contributed by atoms with van der Waals surface area (Å²) in [4.78, 5) is 12.1. The zero-order valence-corrected chi connectivity index (χ0v) is 13.2. The molecular weight excluding hydrogens is 335 g/mol. The molecule has 1 N–H and O–H groups in total. The molecule has 0 bridgehead atoms. The highest BCUT2D eigenvalue weighted by molar-refractivity contribution is 6.29. The highest BCUT2D eigenvalue weighted by atomic mass is 35.5. The number of alkyl halides is 3. The molecule has 10 heteroatoms. The Labute approximate surface area is 134 Å². The second kappa shape index (κ2) is 5.80. The van der Waals surface area contributed by atoms with Gasteiger partial charge in [0.15, 0.2) is 16.7 Å². The Morgan fingerprint density at radius 3 is 2.35 bits per heavy atom. The number of rotatable bonds is 2. The summed E-state index contributed by atoms with van der Waals surface area (Å²) in [5.41, 5.74) is -2.51. The van der Waals surface area contributed by atoms with Crippen LogP contribution in [0.15, 0.2) is 18.3 Å². The van der Waals surface area contributed by atoms with Crippen LogP contribution in [0.1, 0.15) is 36.8 Å². The van der Waals surface area contributed by atoms with Crippen LogP contribution in [-0.2, 0) is 6.18 Å². The van der Waals surface area contributed by atoms with Crippen LogP contribution in [0, 0.1) is 0 Å². The lowest BCUT2D eigenvalue weighted by atomic mass is 10.1. The maximum absolute atomic E-state index is 13.4. The van der Waals surface area contributed by atoms with E-state index in [0.717, 1.165) is 6.20 Å². The van der Waals surface area contributed by atoms with E-state index < -0.39 is 28.9 Å². The summed E-state index contributed by atoms with van der Waals surface area (Å²) >= 11 is 5.57. The molecule has 0 radical (unpaired) electrons. The Hall–Kier alpha value is -2.16. The molecule has 0 aromatic carbocycles. The number of hydrogen-bond acceptors (Lipinski definition) is 4. The smallest absolute Gasteiger partial charge is 0.347 e. The van der Waals surface area contributed by atoms with Crippen molar-refractivity contribution in [3.05, 3.63) is 34.7 Å². The molecule has 0 aliphatic rings. The summed E-state index contributed by atoms with van der Waals surface area (Å²) in [6.07, 6.45) is -3.96. The molecular formula is C13H13ClF3N5O. The zero-order chi connectivity index (χ0) is 17.4. The number of carbonyl (C=O) groups is 1. The molecule has 1 amide bonds. The molecule has 0 aliphatic heterocycles. The lowest BCUT2D eigenvalue weighted by molar-refractivity contribution is -0.143. The first-order valence-electron chi connectivity index (χ1n) is 6.46. The third kappa shape index (κ3) is 3.98. The van der Waals surface area contributed by atoms with E-state index in [9.17, 15) is 18.0 Å². The van der Waals surface area contributed by atoms with Gasteiger partial charge in [0, 0.05) is 5.54 Å². The normalized spacial score (nSPS) is 12.3. The number of nitrogens with one attached hydrogen (secondary N) is 1. The quantitative estimate of drug-likeness (QED) is 0.906. The van der Waals surface area contributed by atoms with E-state index in [4.69, 9.17) is 11.6 Å². The highest BCUT2D eigenvalue weighted by Gasteiger charge is 2.41. The lowest BCUT2D eigenvalue weighted by Crippen LogP contribution is -2.41. The molecule has 6 nitrogen and oxygen atoms in total. The fourth-order valence-corrected chi connectivity index (χ4v) is 1.89. The zero-order valence-electron chi connectivity index (χ0n) is 12.4. The maximum Gasteiger partial charge on any atom is 0.434 e. The largest absolute Gasteiger partial charge is 0.434 e. The van der Waals surface area contributed by atoms with E-state index in [1.54, 1.807) is 20.8 Å². The van der Waals surface area contributed by atoms with Crippen molar-refractivity contribution in [2.75, 3.05) is 0 Å². The van der Waals surface area contributed by atoms with Gasteiger partial charge in [0.2, 0.25) is 0 Å². The van der Waals surface area contributed by atoms with E-state index in [-0.39, 0.29) is 11.0 Å². The summed E-state index contributed by atoms with van der Waals surface area (Å²) in [5.74, 6) is -1.07. The van der Waals surface area contributed by atoms with Gasteiger partial charge >= 0.3 is 6.18 Å². The average molecular weight is 348 g/mol. The first-order valence-corrected chi connectivity index (χ1v) is 6.84. The molecule has 124 valence electrons. The Kier molecular flexibility index (Phi) is 4.34. The van der Waals surface area contributed by atoms with Crippen molar-refractivity contribution in [3.8, 4) is 5.82 Å². The van der Waals surface area contributed by atoms with Crippen LogP contribution < -0.4 is 5.32 Å². The number of aromatic nitrogens is 4. The minimum absolute atomic E-state index is 0.0279. The van der Waals surface area contributed by atoms with Gasteiger partial charge in [0.25, 0.3) is 5.91 Å². The first-order chi connectivity index (χ1) is 10.5. The first kappa shape index (κ1) is 17.2. The Morgan fingerprint density at radius 2 is 1.87 bits per heavy atom. The van der Waals surface area contributed by atoms with Gasteiger partial charge < -0.3 is 5.32 Å². The molecule has 0 spiro atoms. The van der Waals surface area contributed by atoms with Crippen molar-refractivity contribution in [3.63, 3.8) is 0 Å². The van der Waals surface area contributed by atoms with Crippen LogP contribution in [0.2, 0.25) is 5.15 Å². The Bertz CT molecular complexity index is 719. The molecule has 0 unspecified atom stereocenters. The number of carbonyl (C=O) groups excluding carboxylic acids is 1.